The summed E-state index contributed by atoms with van der Waals surface area (Å²) in [5.41, 5.74) is 2.72. The Kier molecular flexibility index (Phi) is 10.1. The van der Waals surface area contributed by atoms with Gasteiger partial charge in [-0.3, -0.25) is 9.97 Å². The van der Waals surface area contributed by atoms with E-state index in [1.54, 1.807) is 23.4 Å². The third-order valence-corrected chi connectivity index (χ3v) is 5.22. The van der Waals surface area contributed by atoms with E-state index in [2.05, 4.69) is 21.4 Å². The predicted molar refractivity (Wildman–Crippen MR) is 128 cm³/mol. The van der Waals surface area contributed by atoms with Crippen molar-refractivity contribution in [3.05, 3.63) is 59.2 Å². The molecular weight excluding hydrogens is 505 g/mol. The summed E-state index contributed by atoms with van der Waals surface area (Å²) < 4.78 is 37.0. The molecule has 0 atom stereocenters. The van der Waals surface area contributed by atoms with Crippen molar-refractivity contribution in [3.8, 4) is 12.1 Å². The molecule has 2 aliphatic rings. The van der Waals surface area contributed by atoms with Crippen LogP contribution in [0.4, 0.5) is 18.0 Å². The number of aromatic nitrogens is 2. The highest BCUT2D eigenvalue weighted by Crippen LogP contribution is 2.27. The van der Waals surface area contributed by atoms with Gasteiger partial charge < -0.3 is 20.1 Å². The highest BCUT2D eigenvalue weighted by atomic mass is 19.4. The number of rotatable bonds is 2. The van der Waals surface area contributed by atoms with Crippen molar-refractivity contribution < 1.29 is 32.6 Å². The number of alkyl halides is 3. The van der Waals surface area contributed by atoms with E-state index >= 15 is 0 Å². The number of hydrogen-bond acceptors (Lipinski definition) is 8. The maximum atomic E-state index is 11.8. The van der Waals surface area contributed by atoms with Gasteiger partial charge in [-0.2, -0.15) is 23.7 Å². The van der Waals surface area contributed by atoms with Crippen molar-refractivity contribution in [2.24, 2.45) is 0 Å². The molecule has 0 aromatic carbocycles. The highest BCUT2D eigenvalue weighted by molar-refractivity contribution is 5.73. The molecular formula is C25H27F3N6O4. The van der Waals surface area contributed by atoms with Crippen LogP contribution in [0, 0.1) is 22.7 Å². The fourth-order valence-corrected chi connectivity index (χ4v) is 3.06. The zero-order chi connectivity index (χ0) is 28.5. The molecule has 202 valence electrons. The molecule has 2 aliphatic heterocycles. The molecule has 4 rings (SSSR count). The topological polar surface area (TPSA) is 152 Å². The molecule has 0 aliphatic carbocycles. The zero-order valence-corrected chi connectivity index (χ0v) is 21.0. The van der Waals surface area contributed by atoms with E-state index in [1.807, 2.05) is 45.0 Å². The van der Waals surface area contributed by atoms with E-state index in [9.17, 15) is 18.0 Å². The van der Waals surface area contributed by atoms with Crippen LogP contribution >= 0.6 is 0 Å². The summed E-state index contributed by atoms with van der Waals surface area (Å²) in [5.74, 6) is -1.97. The molecule has 1 amide bonds. The number of nitriles is 2. The van der Waals surface area contributed by atoms with Gasteiger partial charge in [-0.15, -0.1) is 0 Å². The molecule has 0 radical (unpaired) electrons. The number of halogens is 3. The summed E-state index contributed by atoms with van der Waals surface area (Å²) >= 11 is 0. The van der Waals surface area contributed by atoms with E-state index in [0.29, 0.717) is 30.1 Å². The second kappa shape index (κ2) is 12.8. The lowest BCUT2D eigenvalue weighted by molar-refractivity contribution is -0.192. The van der Waals surface area contributed by atoms with E-state index < -0.39 is 17.7 Å². The van der Waals surface area contributed by atoms with Gasteiger partial charge in [0.2, 0.25) is 0 Å². The van der Waals surface area contributed by atoms with Crippen molar-refractivity contribution >= 4 is 12.1 Å². The summed E-state index contributed by atoms with van der Waals surface area (Å²) in [4.78, 5) is 30.8. The van der Waals surface area contributed by atoms with Crippen molar-refractivity contribution in [2.45, 2.75) is 44.4 Å². The molecule has 2 saturated heterocycles. The number of nitrogens with zero attached hydrogens (tertiary/aromatic N) is 5. The molecule has 0 bridgehead atoms. The molecule has 0 saturated carbocycles. The first-order valence-corrected chi connectivity index (χ1v) is 11.4. The Morgan fingerprint density at radius 1 is 0.974 bits per heavy atom. The average Bonchev–Trinajstić information content (AvgIpc) is 2.77. The number of carboxylic acid groups (broad SMARTS) is 1. The Hall–Kier alpha value is -4.23. The standard InChI is InChI=1S/C14H17N3O2.C9H9N3.C2HF3O2/c1-14(2,3)19-13(18)17-8-11(9-17)12-5-4-10(6-15)7-16-12;10-3-7-1-2-9(12-4-7)8-5-11-6-8;3-2(4,5)1(6)7/h4-5,7,11H,8-9H2,1-3H3;1-2,4,8,11H,5-6H2;(H,6,7). The lowest BCUT2D eigenvalue weighted by Gasteiger charge is -2.39. The summed E-state index contributed by atoms with van der Waals surface area (Å²) in [6.07, 6.45) is -2.17. The normalized spacial score (nSPS) is 15.1. The molecule has 10 nitrogen and oxygen atoms in total. The minimum absolute atomic E-state index is 0.236. The number of pyridine rings is 2. The molecule has 4 heterocycles. The largest absolute Gasteiger partial charge is 0.490 e. The minimum atomic E-state index is -5.08. The van der Waals surface area contributed by atoms with Crippen LogP contribution in [-0.2, 0) is 9.53 Å². The molecule has 0 spiro atoms. The number of carboxylic acids is 1. The van der Waals surface area contributed by atoms with E-state index in [1.165, 1.54) is 0 Å². The number of ether oxygens (including phenoxy) is 1. The van der Waals surface area contributed by atoms with Gasteiger partial charge >= 0.3 is 18.2 Å². The van der Waals surface area contributed by atoms with Crippen molar-refractivity contribution in [3.63, 3.8) is 0 Å². The van der Waals surface area contributed by atoms with Crippen LogP contribution in [0.3, 0.4) is 0 Å². The van der Waals surface area contributed by atoms with Crippen LogP contribution in [-0.4, -0.2) is 70.0 Å². The molecule has 2 aromatic heterocycles. The Morgan fingerprint density at radius 3 is 1.71 bits per heavy atom. The molecule has 2 aromatic rings. The number of likely N-dealkylation sites (tertiary alicyclic amines) is 1. The van der Waals surface area contributed by atoms with Crippen LogP contribution < -0.4 is 5.32 Å². The zero-order valence-electron chi connectivity index (χ0n) is 21.0. The monoisotopic (exact) mass is 532 g/mol. The number of amides is 1. The number of carbonyl (C=O) groups excluding carboxylic acids is 1. The summed E-state index contributed by atoms with van der Waals surface area (Å²) in [6.45, 7) is 8.82. The maximum absolute atomic E-state index is 11.8. The second-order valence-corrected chi connectivity index (χ2v) is 9.41. The number of nitrogens with one attached hydrogen (secondary N) is 1. The van der Waals surface area contributed by atoms with Gasteiger partial charge in [0, 0.05) is 61.8 Å². The SMILES string of the molecule is CC(C)(C)OC(=O)N1CC(c2ccc(C#N)cn2)C1.N#Cc1ccc(C2CNC2)nc1.O=C(O)C(F)(F)F. The van der Waals surface area contributed by atoms with Gasteiger partial charge in [0.25, 0.3) is 0 Å². The first kappa shape index (κ1) is 30.0. The molecule has 13 heteroatoms. The van der Waals surface area contributed by atoms with Gasteiger partial charge in [0.05, 0.1) is 11.1 Å². The first-order chi connectivity index (χ1) is 17.7. The van der Waals surface area contributed by atoms with Crippen molar-refractivity contribution in [1.82, 2.24) is 20.2 Å². The second-order valence-electron chi connectivity index (χ2n) is 9.41. The third-order valence-electron chi connectivity index (χ3n) is 5.22. The molecule has 38 heavy (non-hydrogen) atoms. The van der Waals surface area contributed by atoms with Gasteiger partial charge in [-0.25, -0.2) is 9.59 Å². The van der Waals surface area contributed by atoms with Gasteiger partial charge in [-0.05, 0) is 45.0 Å². The minimum Gasteiger partial charge on any atom is -0.475 e. The van der Waals surface area contributed by atoms with Crippen molar-refractivity contribution in [1.29, 1.82) is 10.5 Å². The lowest BCUT2D eigenvalue weighted by atomic mass is 9.96. The van der Waals surface area contributed by atoms with Crippen LogP contribution in [0.15, 0.2) is 36.7 Å². The lowest BCUT2D eigenvalue weighted by Crippen LogP contribution is -2.50. The summed E-state index contributed by atoms with van der Waals surface area (Å²) in [5, 5.41) is 27.5. The fourth-order valence-electron chi connectivity index (χ4n) is 3.06. The van der Waals surface area contributed by atoms with Crippen molar-refractivity contribution in [2.75, 3.05) is 26.2 Å². The predicted octanol–water partition coefficient (Wildman–Crippen LogP) is 3.56. The summed E-state index contributed by atoms with van der Waals surface area (Å²) in [6, 6.07) is 11.4. The van der Waals surface area contributed by atoms with Crippen LogP contribution in [0.25, 0.3) is 0 Å². The Bertz CT molecular complexity index is 1170. The molecule has 2 N–H and O–H groups in total. The molecule has 0 unspecified atom stereocenters. The van der Waals surface area contributed by atoms with Gasteiger partial charge in [-0.1, -0.05) is 0 Å². The van der Waals surface area contributed by atoms with Crippen LogP contribution in [0.1, 0.15) is 55.1 Å². The highest BCUT2D eigenvalue weighted by Gasteiger charge is 2.38. The fraction of sp³-hybridized carbons (Fsp3) is 0.440. The first-order valence-electron chi connectivity index (χ1n) is 11.4. The Labute approximate surface area is 217 Å². The number of carbonyl (C=O) groups is 2. The van der Waals surface area contributed by atoms with Crippen LogP contribution in [0.2, 0.25) is 0 Å². The van der Waals surface area contributed by atoms with E-state index in [0.717, 1.165) is 24.5 Å². The van der Waals surface area contributed by atoms with E-state index in [-0.39, 0.29) is 12.0 Å². The number of aliphatic carboxylic acids is 1. The van der Waals surface area contributed by atoms with Gasteiger partial charge in [0.15, 0.2) is 0 Å². The Balaban J connectivity index is 0.000000227. The van der Waals surface area contributed by atoms with Crippen LogP contribution in [0.5, 0.6) is 0 Å². The maximum Gasteiger partial charge on any atom is 0.490 e. The number of hydrogen-bond donors (Lipinski definition) is 2. The third kappa shape index (κ3) is 9.33. The Morgan fingerprint density at radius 2 is 1.42 bits per heavy atom. The van der Waals surface area contributed by atoms with Gasteiger partial charge in [0.1, 0.15) is 17.7 Å². The molecule has 2 fully saturated rings. The summed E-state index contributed by atoms with van der Waals surface area (Å²) in [7, 11) is 0. The average molecular weight is 533 g/mol. The smallest absolute Gasteiger partial charge is 0.475 e. The quantitative estimate of drug-likeness (QED) is 0.591. The van der Waals surface area contributed by atoms with E-state index in [4.69, 9.17) is 25.2 Å².